The van der Waals surface area contributed by atoms with Crippen LogP contribution in [0, 0.1) is 0 Å². The molecule has 3 aromatic rings. The van der Waals surface area contributed by atoms with Crippen LogP contribution in [-0.4, -0.2) is 57.1 Å². The van der Waals surface area contributed by atoms with Crippen LogP contribution in [0.15, 0.2) is 84.9 Å². The molecule has 0 saturated carbocycles. The molecule has 1 atom stereocenters. The van der Waals surface area contributed by atoms with Gasteiger partial charge in [-0.15, -0.1) is 0 Å². The van der Waals surface area contributed by atoms with Gasteiger partial charge in [0.25, 0.3) is 0 Å². The molecule has 0 aromatic heterocycles. The lowest BCUT2D eigenvalue weighted by atomic mass is 10.1. The molecular weight excluding hydrogens is 514 g/mol. The summed E-state index contributed by atoms with van der Waals surface area (Å²) < 4.78 is 32.5. The van der Waals surface area contributed by atoms with Crippen LogP contribution < -0.4 is 14.4 Å². The predicted molar refractivity (Wildman–Crippen MR) is 154 cm³/mol. The van der Waals surface area contributed by atoms with E-state index in [1.54, 1.807) is 24.3 Å². The summed E-state index contributed by atoms with van der Waals surface area (Å²) >= 11 is 0. The molecule has 9 heteroatoms. The Labute approximate surface area is 231 Å². The molecule has 0 fully saturated rings. The molecule has 0 aliphatic carbocycles. The summed E-state index contributed by atoms with van der Waals surface area (Å²) in [7, 11) is -3.81. The number of para-hydroxylation sites is 1. The van der Waals surface area contributed by atoms with E-state index in [2.05, 4.69) is 5.32 Å². The highest BCUT2D eigenvalue weighted by Gasteiger charge is 2.31. The van der Waals surface area contributed by atoms with E-state index < -0.39 is 28.5 Å². The zero-order valence-electron chi connectivity index (χ0n) is 22.7. The molecule has 39 heavy (non-hydrogen) atoms. The number of anilines is 1. The monoisotopic (exact) mass is 551 g/mol. The van der Waals surface area contributed by atoms with E-state index in [4.69, 9.17) is 4.74 Å². The standard InChI is InChI=1S/C30H37N3O5S/c1-4-21-31-30(35)28(5-2)32(22-20-24-12-8-6-9-13-24)29(34)23-33(39(3,36)37)25-16-18-27(19-17-25)38-26-14-10-7-11-15-26/h6-19,28H,4-5,20-23H2,1-3H3,(H,31,35). The third kappa shape index (κ3) is 8.85. The van der Waals surface area contributed by atoms with Crippen molar-refractivity contribution in [1.29, 1.82) is 0 Å². The van der Waals surface area contributed by atoms with Crippen molar-refractivity contribution >= 4 is 27.5 Å². The SMILES string of the molecule is CCCNC(=O)C(CC)N(CCc1ccccc1)C(=O)CN(c1ccc(Oc2ccccc2)cc1)S(C)(=O)=O. The molecule has 1 unspecified atom stereocenters. The molecule has 2 amide bonds. The Bertz CT molecular complexity index is 1300. The lowest BCUT2D eigenvalue weighted by Gasteiger charge is -2.32. The molecule has 0 heterocycles. The fraction of sp³-hybridized carbons (Fsp3) is 0.333. The van der Waals surface area contributed by atoms with Crippen LogP contribution in [0.1, 0.15) is 32.3 Å². The molecule has 208 valence electrons. The van der Waals surface area contributed by atoms with Crippen molar-refractivity contribution in [3.05, 3.63) is 90.5 Å². The van der Waals surface area contributed by atoms with E-state index in [1.165, 1.54) is 4.90 Å². The largest absolute Gasteiger partial charge is 0.457 e. The van der Waals surface area contributed by atoms with E-state index in [9.17, 15) is 18.0 Å². The third-order valence-electron chi connectivity index (χ3n) is 6.20. The summed E-state index contributed by atoms with van der Waals surface area (Å²) in [6.07, 6.45) is 2.77. The topological polar surface area (TPSA) is 96.0 Å². The number of hydrogen-bond acceptors (Lipinski definition) is 5. The van der Waals surface area contributed by atoms with Crippen LogP contribution in [0.2, 0.25) is 0 Å². The second kappa shape index (κ2) is 14.3. The zero-order valence-corrected chi connectivity index (χ0v) is 23.6. The number of carbonyl (C=O) groups excluding carboxylic acids is 2. The average Bonchev–Trinajstić information content (AvgIpc) is 2.93. The van der Waals surface area contributed by atoms with Crippen LogP contribution in [0.4, 0.5) is 5.69 Å². The van der Waals surface area contributed by atoms with Crippen molar-refractivity contribution in [2.24, 2.45) is 0 Å². The van der Waals surface area contributed by atoms with Crippen LogP contribution >= 0.6 is 0 Å². The summed E-state index contributed by atoms with van der Waals surface area (Å²) in [5.74, 6) is 0.503. The maximum absolute atomic E-state index is 13.7. The minimum absolute atomic E-state index is 0.242. The fourth-order valence-electron chi connectivity index (χ4n) is 4.18. The predicted octanol–water partition coefficient (Wildman–Crippen LogP) is 4.62. The first kappa shape index (κ1) is 29.7. The van der Waals surface area contributed by atoms with Crippen molar-refractivity contribution in [1.82, 2.24) is 10.2 Å². The highest BCUT2D eigenvalue weighted by Crippen LogP contribution is 2.26. The molecular formula is C30H37N3O5S. The Balaban J connectivity index is 1.83. The van der Waals surface area contributed by atoms with Gasteiger partial charge < -0.3 is 15.0 Å². The lowest BCUT2D eigenvalue weighted by Crippen LogP contribution is -2.53. The van der Waals surface area contributed by atoms with Crippen LogP contribution in [0.3, 0.4) is 0 Å². The number of sulfonamides is 1. The molecule has 0 aliphatic heterocycles. The zero-order chi connectivity index (χ0) is 28.3. The maximum atomic E-state index is 13.7. The smallest absolute Gasteiger partial charge is 0.244 e. The summed E-state index contributed by atoms with van der Waals surface area (Å²) in [5, 5.41) is 2.88. The van der Waals surface area contributed by atoms with Gasteiger partial charge in [0.2, 0.25) is 21.8 Å². The van der Waals surface area contributed by atoms with Gasteiger partial charge in [-0.05, 0) is 61.2 Å². The van der Waals surface area contributed by atoms with Crippen molar-refractivity contribution in [3.8, 4) is 11.5 Å². The maximum Gasteiger partial charge on any atom is 0.244 e. The summed E-state index contributed by atoms with van der Waals surface area (Å²) in [5.41, 5.74) is 1.35. The van der Waals surface area contributed by atoms with Gasteiger partial charge in [-0.25, -0.2) is 8.42 Å². The fourth-order valence-corrected chi connectivity index (χ4v) is 5.03. The van der Waals surface area contributed by atoms with Crippen molar-refractivity contribution in [3.63, 3.8) is 0 Å². The quantitative estimate of drug-likeness (QED) is 0.315. The number of carbonyl (C=O) groups is 2. The van der Waals surface area contributed by atoms with Crippen LogP contribution in [-0.2, 0) is 26.0 Å². The van der Waals surface area contributed by atoms with Gasteiger partial charge in [0, 0.05) is 13.1 Å². The molecule has 3 rings (SSSR count). The lowest BCUT2D eigenvalue weighted by molar-refractivity contribution is -0.139. The van der Waals surface area contributed by atoms with E-state index in [0.29, 0.717) is 36.6 Å². The second-order valence-corrected chi connectivity index (χ2v) is 11.1. The Hall–Kier alpha value is -3.85. The van der Waals surface area contributed by atoms with Crippen molar-refractivity contribution in [2.45, 2.75) is 39.2 Å². The Morgan fingerprint density at radius 3 is 2.03 bits per heavy atom. The molecule has 0 bridgehead atoms. The minimum atomic E-state index is -3.81. The van der Waals surface area contributed by atoms with E-state index in [1.807, 2.05) is 74.5 Å². The molecule has 0 spiro atoms. The van der Waals surface area contributed by atoms with Gasteiger partial charge in [-0.2, -0.15) is 0 Å². The first-order chi connectivity index (χ1) is 18.7. The van der Waals surface area contributed by atoms with Gasteiger partial charge in [-0.3, -0.25) is 13.9 Å². The highest BCUT2D eigenvalue weighted by atomic mass is 32.2. The van der Waals surface area contributed by atoms with Gasteiger partial charge in [0.05, 0.1) is 11.9 Å². The summed E-state index contributed by atoms with van der Waals surface area (Å²) in [6.45, 7) is 4.16. The Morgan fingerprint density at radius 2 is 1.46 bits per heavy atom. The summed E-state index contributed by atoms with van der Waals surface area (Å²) in [6, 6.07) is 24.7. The molecule has 3 aromatic carbocycles. The molecule has 0 saturated heterocycles. The van der Waals surface area contributed by atoms with Gasteiger partial charge >= 0.3 is 0 Å². The van der Waals surface area contributed by atoms with Crippen molar-refractivity contribution in [2.75, 3.05) is 30.2 Å². The third-order valence-corrected chi connectivity index (χ3v) is 7.34. The molecule has 1 N–H and O–H groups in total. The first-order valence-corrected chi connectivity index (χ1v) is 15.0. The second-order valence-electron chi connectivity index (χ2n) is 9.22. The number of benzene rings is 3. The van der Waals surface area contributed by atoms with E-state index in [0.717, 1.165) is 22.5 Å². The Morgan fingerprint density at radius 1 is 0.872 bits per heavy atom. The number of amides is 2. The first-order valence-electron chi connectivity index (χ1n) is 13.1. The summed E-state index contributed by atoms with van der Waals surface area (Å²) in [4.78, 5) is 28.2. The van der Waals surface area contributed by atoms with E-state index in [-0.39, 0.29) is 12.5 Å². The molecule has 8 nitrogen and oxygen atoms in total. The number of nitrogens with zero attached hydrogens (tertiary/aromatic N) is 2. The highest BCUT2D eigenvalue weighted by molar-refractivity contribution is 7.92. The average molecular weight is 552 g/mol. The minimum Gasteiger partial charge on any atom is -0.457 e. The number of hydrogen-bond donors (Lipinski definition) is 1. The number of ether oxygens (including phenoxy) is 1. The number of nitrogens with one attached hydrogen (secondary N) is 1. The van der Waals surface area contributed by atoms with Gasteiger partial charge in [-0.1, -0.05) is 62.4 Å². The molecule has 0 radical (unpaired) electrons. The normalized spacial score (nSPS) is 11.9. The van der Waals surface area contributed by atoms with E-state index >= 15 is 0 Å². The van der Waals surface area contributed by atoms with Crippen LogP contribution in [0.5, 0.6) is 11.5 Å². The van der Waals surface area contributed by atoms with Crippen LogP contribution in [0.25, 0.3) is 0 Å². The Kier molecular flexibility index (Phi) is 10.9. The van der Waals surface area contributed by atoms with Crippen molar-refractivity contribution < 1.29 is 22.7 Å². The van der Waals surface area contributed by atoms with Gasteiger partial charge in [0.15, 0.2) is 0 Å². The van der Waals surface area contributed by atoms with Gasteiger partial charge in [0.1, 0.15) is 24.1 Å². The molecule has 0 aliphatic rings. The number of rotatable bonds is 14.